The van der Waals surface area contributed by atoms with Crippen molar-refractivity contribution in [3.8, 4) is 18.1 Å². The van der Waals surface area contributed by atoms with Gasteiger partial charge in [-0.25, -0.2) is 4.79 Å². The SMILES string of the molecule is C#CC(Cc1ccc(OC)cc1)NC(=O)OC(C)(C)C. The molecular weight excluding hydrogens is 254 g/mol. The Bertz CT molecular complexity index is 480. The van der Waals surface area contributed by atoms with Crippen LogP contribution in [0.25, 0.3) is 0 Å². The second-order valence-electron chi connectivity index (χ2n) is 5.42. The molecule has 0 radical (unpaired) electrons. The van der Waals surface area contributed by atoms with Gasteiger partial charge in [-0.1, -0.05) is 18.1 Å². The molecule has 0 saturated carbocycles. The highest BCUT2D eigenvalue weighted by atomic mass is 16.6. The van der Waals surface area contributed by atoms with Crippen molar-refractivity contribution in [3.63, 3.8) is 0 Å². The first-order valence-corrected chi connectivity index (χ1v) is 6.42. The maximum atomic E-state index is 11.7. The number of nitrogens with one attached hydrogen (secondary N) is 1. The molecule has 20 heavy (non-hydrogen) atoms. The van der Waals surface area contributed by atoms with Crippen LogP contribution in [0.2, 0.25) is 0 Å². The number of hydrogen-bond acceptors (Lipinski definition) is 3. The average molecular weight is 275 g/mol. The average Bonchev–Trinajstić information content (AvgIpc) is 2.36. The number of amides is 1. The normalized spacial score (nSPS) is 12.2. The summed E-state index contributed by atoms with van der Waals surface area (Å²) in [7, 11) is 1.61. The zero-order valence-electron chi connectivity index (χ0n) is 12.4. The number of methoxy groups -OCH3 is 1. The molecule has 1 N–H and O–H groups in total. The molecule has 0 aliphatic heterocycles. The van der Waals surface area contributed by atoms with Crippen molar-refractivity contribution >= 4 is 6.09 Å². The van der Waals surface area contributed by atoms with Crippen molar-refractivity contribution in [2.75, 3.05) is 7.11 Å². The molecule has 0 aliphatic rings. The summed E-state index contributed by atoms with van der Waals surface area (Å²) in [6.45, 7) is 5.42. The van der Waals surface area contributed by atoms with E-state index in [1.54, 1.807) is 27.9 Å². The highest BCUT2D eigenvalue weighted by Crippen LogP contribution is 2.13. The molecular formula is C16H21NO3. The summed E-state index contributed by atoms with van der Waals surface area (Å²) in [5, 5.41) is 2.67. The van der Waals surface area contributed by atoms with E-state index in [0.717, 1.165) is 11.3 Å². The van der Waals surface area contributed by atoms with Crippen molar-refractivity contribution < 1.29 is 14.3 Å². The van der Waals surface area contributed by atoms with E-state index in [1.807, 2.05) is 24.3 Å². The molecule has 0 spiro atoms. The van der Waals surface area contributed by atoms with E-state index < -0.39 is 17.7 Å². The lowest BCUT2D eigenvalue weighted by Gasteiger charge is -2.21. The van der Waals surface area contributed by atoms with Gasteiger partial charge < -0.3 is 14.8 Å². The van der Waals surface area contributed by atoms with Crippen LogP contribution in [0.15, 0.2) is 24.3 Å². The Morgan fingerprint density at radius 1 is 1.35 bits per heavy atom. The van der Waals surface area contributed by atoms with Crippen LogP contribution in [0.3, 0.4) is 0 Å². The minimum atomic E-state index is -0.538. The summed E-state index contributed by atoms with van der Waals surface area (Å²) >= 11 is 0. The van der Waals surface area contributed by atoms with Gasteiger partial charge in [-0.15, -0.1) is 6.42 Å². The second kappa shape index (κ2) is 6.85. The molecule has 0 bridgehead atoms. The van der Waals surface area contributed by atoms with Crippen LogP contribution >= 0.6 is 0 Å². The van der Waals surface area contributed by atoms with Gasteiger partial charge in [0.2, 0.25) is 0 Å². The van der Waals surface area contributed by atoms with Crippen molar-refractivity contribution in [2.24, 2.45) is 0 Å². The molecule has 108 valence electrons. The molecule has 1 atom stereocenters. The summed E-state index contributed by atoms with van der Waals surface area (Å²) in [4.78, 5) is 11.7. The third kappa shape index (κ3) is 5.66. The van der Waals surface area contributed by atoms with Crippen molar-refractivity contribution in [1.29, 1.82) is 0 Å². The maximum absolute atomic E-state index is 11.7. The molecule has 1 unspecified atom stereocenters. The molecule has 1 amide bonds. The van der Waals surface area contributed by atoms with Crippen LogP contribution in [0.4, 0.5) is 4.79 Å². The van der Waals surface area contributed by atoms with Gasteiger partial charge >= 0.3 is 6.09 Å². The largest absolute Gasteiger partial charge is 0.497 e. The third-order valence-electron chi connectivity index (χ3n) is 2.49. The fourth-order valence-electron chi connectivity index (χ4n) is 1.60. The molecule has 0 aromatic heterocycles. The first-order chi connectivity index (χ1) is 9.34. The maximum Gasteiger partial charge on any atom is 0.408 e. The molecule has 4 nitrogen and oxygen atoms in total. The van der Waals surface area contributed by atoms with Gasteiger partial charge in [-0.3, -0.25) is 0 Å². The Morgan fingerprint density at radius 3 is 2.40 bits per heavy atom. The molecule has 4 heteroatoms. The summed E-state index contributed by atoms with van der Waals surface area (Å²) in [6, 6.07) is 7.14. The van der Waals surface area contributed by atoms with E-state index in [9.17, 15) is 4.79 Å². The number of hydrogen-bond donors (Lipinski definition) is 1. The molecule has 1 rings (SSSR count). The Balaban J connectivity index is 2.59. The van der Waals surface area contributed by atoms with Gasteiger partial charge in [-0.05, 0) is 38.5 Å². The van der Waals surface area contributed by atoms with Gasteiger partial charge in [0.25, 0.3) is 0 Å². The highest BCUT2D eigenvalue weighted by molar-refractivity contribution is 5.68. The van der Waals surface area contributed by atoms with E-state index in [4.69, 9.17) is 15.9 Å². The second-order valence-corrected chi connectivity index (χ2v) is 5.42. The Morgan fingerprint density at radius 2 is 1.95 bits per heavy atom. The molecule has 0 fully saturated rings. The molecule has 0 saturated heterocycles. The van der Waals surface area contributed by atoms with E-state index >= 15 is 0 Å². The van der Waals surface area contributed by atoms with Crippen LogP contribution in [-0.4, -0.2) is 24.8 Å². The number of ether oxygens (including phenoxy) is 2. The topological polar surface area (TPSA) is 47.6 Å². The molecule has 1 aromatic rings. The van der Waals surface area contributed by atoms with Crippen LogP contribution in [0.1, 0.15) is 26.3 Å². The minimum Gasteiger partial charge on any atom is -0.497 e. The zero-order chi connectivity index (χ0) is 15.2. The van der Waals surface area contributed by atoms with Crippen LogP contribution in [0, 0.1) is 12.3 Å². The van der Waals surface area contributed by atoms with Gasteiger partial charge in [0.1, 0.15) is 11.4 Å². The lowest BCUT2D eigenvalue weighted by Crippen LogP contribution is -2.39. The van der Waals surface area contributed by atoms with Gasteiger partial charge in [0, 0.05) is 6.42 Å². The van der Waals surface area contributed by atoms with Gasteiger partial charge in [-0.2, -0.15) is 0 Å². The van der Waals surface area contributed by atoms with Crippen LogP contribution in [-0.2, 0) is 11.2 Å². The van der Waals surface area contributed by atoms with E-state index in [1.165, 1.54) is 0 Å². The standard InChI is InChI=1S/C16H21NO3/c1-6-13(17-15(18)20-16(2,3)4)11-12-7-9-14(19-5)10-8-12/h1,7-10,13H,11H2,2-5H3,(H,17,18). The fourth-order valence-corrected chi connectivity index (χ4v) is 1.60. The van der Waals surface area contributed by atoms with Gasteiger partial charge in [0.05, 0.1) is 13.2 Å². The summed E-state index contributed by atoms with van der Waals surface area (Å²) in [6.07, 6.45) is 5.48. The quantitative estimate of drug-likeness (QED) is 0.860. The smallest absolute Gasteiger partial charge is 0.408 e. The number of benzene rings is 1. The molecule has 1 aromatic carbocycles. The number of carbonyl (C=O) groups excluding carboxylic acids is 1. The first-order valence-electron chi connectivity index (χ1n) is 6.42. The number of terminal acetylenes is 1. The van der Waals surface area contributed by atoms with E-state index in [0.29, 0.717) is 6.42 Å². The minimum absolute atomic E-state index is 0.404. The van der Waals surface area contributed by atoms with E-state index in [-0.39, 0.29) is 0 Å². The monoisotopic (exact) mass is 275 g/mol. The predicted molar refractivity (Wildman–Crippen MR) is 78.7 cm³/mol. The van der Waals surface area contributed by atoms with E-state index in [2.05, 4.69) is 11.2 Å². The van der Waals surface area contributed by atoms with Crippen LogP contribution in [0.5, 0.6) is 5.75 Å². The number of alkyl carbamates (subject to hydrolysis) is 1. The van der Waals surface area contributed by atoms with Crippen LogP contribution < -0.4 is 10.1 Å². The van der Waals surface area contributed by atoms with Crippen molar-refractivity contribution in [3.05, 3.63) is 29.8 Å². The summed E-state index contributed by atoms with van der Waals surface area (Å²) in [5.41, 5.74) is 0.480. The summed E-state index contributed by atoms with van der Waals surface area (Å²) < 4.78 is 10.3. The van der Waals surface area contributed by atoms with Gasteiger partial charge in [0.15, 0.2) is 0 Å². The Kier molecular flexibility index (Phi) is 5.45. The van der Waals surface area contributed by atoms with Crippen molar-refractivity contribution in [1.82, 2.24) is 5.32 Å². The summed E-state index contributed by atoms with van der Waals surface area (Å²) in [5.74, 6) is 3.34. The number of rotatable bonds is 4. The lowest BCUT2D eigenvalue weighted by molar-refractivity contribution is 0.0516. The molecule has 0 aliphatic carbocycles. The number of carbonyl (C=O) groups is 1. The molecule has 0 heterocycles. The Labute approximate surface area is 120 Å². The third-order valence-corrected chi connectivity index (χ3v) is 2.49. The first kappa shape index (κ1) is 15.9. The Hall–Kier alpha value is -2.15. The highest BCUT2D eigenvalue weighted by Gasteiger charge is 2.18. The van der Waals surface area contributed by atoms with Crippen molar-refractivity contribution in [2.45, 2.75) is 38.8 Å². The lowest BCUT2D eigenvalue weighted by atomic mass is 10.1. The fraction of sp³-hybridized carbons (Fsp3) is 0.438. The predicted octanol–water partition coefficient (Wildman–Crippen LogP) is 2.76. The zero-order valence-corrected chi connectivity index (χ0v) is 12.4.